The average molecular weight is 430 g/mol. The first-order valence-electron chi connectivity index (χ1n) is 12.1. The monoisotopic (exact) mass is 429 g/mol. The van der Waals surface area contributed by atoms with Crippen LogP contribution >= 0.6 is 0 Å². The zero-order valence-electron chi connectivity index (χ0n) is 18.7. The Balaban J connectivity index is 1.21. The summed E-state index contributed by atoms with van der Waals surface area (Å²) in [5, 5.41) is 8.55. The molecule has 1 atom stereocenters. The van der Waals surface area contributed by atoms with Crippen LogP contribution in [0.5, 0.6) is 0 Å². The normalized spacial score (nSPS) is 27.7. The Morgan fingerprint density at radius 3 is 2.32 bits per heavy atom. The minimum Gasteiger partial charge on any atom is -0.378 e. The predicted octanol–water partition coefficient (Wildman–Crippen LogP) is 2.66. The Morgan fingerprint density at radius 2 is 1.68 bits per heavy atom. The van der Waals surface area contributed by atoms with Crippen molar-refractivity contribution in [2.24, 2.45) is 10.8 Å². The molecule has 1 aromatic heterocycles. The number of morpholine rings is 1. The van der Waals surface area contributed by atoms with E-state index < -0.39 is 0 Å². The molecule has 2 aliphatic heterocycles. The maximum atomic E-state index is 13.2. The van der Waals surface area contributed by atoms with Crippen LogP contribution < -0.4 is 0 Å². The van der Waals surface area contributed by atoms with Crippen molar-refractivity contribution >= 4 is 11.8 Å². The van der Waals surface area contributed by atoms with E-state index in [0.717, 1.165) is 45.2 Å². The summed E-state index contributed by atoms with van der Waals surface area (Å²) in [4.78, 5) is 29.9. The van der Waals surface area contributed by atoms with Crippen LogP contribution in [0.4, 0.5) is 0 Å². The maximum Gasteiger partial charge on any atom is 0.276 e. The summed E-state index contributed by atoms with van der Waals surface area (Å²) in [6, 6.07) is 0.286. The molecule has 170 valence electrons. The molecule has 2 aliphatic carbocycles. The smallest absolute Gasteiger partial charge is 0.276 e. The topological polar surface area (TPSA) is 80.6 Å². The maximum absolute atomic E-state index is 13.2. The highest BCUT2D eigenvalue weighted by atomic mass is 16.5. The van der Waals surface area contributed by atoms with Crippen LogP contribution in [0.15, 0.2) is 6.20 Å². The molecule has 0 N–H and O–H groups in total. The Morgan fingerprint density at radius 1 is 0.968 bits per heavy atom. The van der Waals surface area contributed by atoms with Crippen molar-refractivity contribution in [3.8, 4) is 0 Å². The van der Waals surface area contributed by atoms with Crippen molar-refractivity contribution in [3.63, 3.8) is 0 Å². The van der Waals surface area contributed by atoms with Crippen LogP contribution in [-0.2, 0) is 9.53 Å². The molecule has 0 radical (unpaired) electrons. The Kier molecular flexibility index (Phi) is 5.52. The summed E-state index contributed by atoms with van der Waals surface area (Å²) in [5.74, 6) is 0.320. The molecule has 5 rings (SSSR count). The van der Waals surface area contributed by atoms with Crippen LogP contribution in [0.3, 0.4) is 0 Å². The first-order chi connectivity index (χ1) is 15.0. The number of rotatable bonds is 3. The molecule has 1 unspecified atom stereocenters. The van der Waals surface area contributed by atoms with Gasteiger partial charge >= 0.3 is 0 Å². The summed E-state index contributed by atoms with van der Waals surface area (Å²) in [7, 11) is 0. The van der Waals surface area contributed by atoms with Crippen molar-refractivity contribution in [2.45, 2.75) is 70.8 Å². The van der Waals surface area contributed by atoms with Gasteiger partial charge in [-0.25, -0.2) is 4.68 Å². The first kappa shape index (κ1) is 20.9. The second kappa shape index (κ2) is 8.19. The van der Waals surface area contributed by atoms with Gasteiger partial charge in [0.25, 0.3) is 5.91 Å². The molecular weight excluding hydrogens is 394 g/mol. The van der Waals surface area contributed by atoms with E-state index in [1.165, 1.54) is 25.7 Å². The fourth-order valence-electron chi connectivity index (χ4n) is 6.22. The number of piperidine rings is 1. The zero-order valence-corrected chi connectivity index (χ0v) is 18.7. The fraction of sp³-hybridized carbons (Fsp3) is 0.826. The van der Waals surface area contributed by atoms with Gasteiger partial charge in [0, 0.05) is 31.6 Å². The van der Waals surface area contributed by atoms with Crippen molar-refractivity contribution in [1.82, 2.24) is 24.8 Å². The number of amides is 2. The van der Waals surface area contributed by atoms with E-state index in [2.05, 4.69) is 22.1 Å². The fourth-order valence-corrected chi connectivity index (χ4v) is 6.22. The van der Waals surface area contributed by atoms with E-state index in [4.69, 9.17) is 4.74 Å². The lowest BCUT2D eigenvalue weighted by atomic mass is 9.59. The standard InChI is InChI=1S/C23H35N5O3/c1-22(6-3-2-4-7-22)21(30)27-11-9-23(10-12-27)8-5-19(23)28-17-18(24-25-28)20(29)26-13-15-31-16-14-26/h17,19H,2-16H2,1H3. The highest BCUT2D eigenvalue weighted by molar-refractivity contribution is 5.92. The quantitative estimate of drug-likeness (QED) is 0.738. The zero-order chi connectivity index (χ0) is 21.5. The molecule has 4 aliphatic rings. The lowest BCUT2D eigenvalue weighted by Gasteiger charge is -2.54. The molecule has 1 spiro atoms. The minimum absolute atomic E-state index is 0.0518. The molecule has 3 heterocycles. The summed E-state index contributed by atoms with van der Waals surface area (Å²) >= 11 is 0. The molecule has 2 saturated heterocycles. The average Bonchev–Trinajstić information content (AvgIpc) is 3.27. The number of nitrogens with zero attached hydrogens (tertiary/aromatic N) is 5. The molecule has 2 amide bonds. The van der Waals surface area contributed by atoms with Gasteiger partial charge < -0.3 is 14.5 Å². The summed E-state index contributed by atoms with van der Waals surface area (Å²) in [6.45, 7) is 6.26. The summed E-state index contributed by atoms with van der Waals surface area (Å²) < 4.78 is 7.27. The molecule has 1 aromatic rings. The Labute approximate surface area is 184 Å². The van der Waals surface area contributed by atoms with Crippen molar-refractivity contribution in [3.05, 3.63) is 11.9 Å². The molecule has 0 aromatic carbocycles. The SMILES string of the molecule is CC1(C(=O)N2CCC3(CCC3n3cc(C(=O)N4CCOCC4)nn3)CC2)CCCCC1. The third-order valence-corrected chi connectivity index (χ3v) is 8.49. The van der Waals surface area contributed by atoms with Gasteiger partial charge in [0.15, 0.2) is 5.69 Å². The van der Waals surface area contributed by atoms with Gasteiger partial charge in [-0.3, -0.25) is 9.59 Å². The molecule has 4 fully saturated rings. The summed E-state index contributed by atoms with van der Waals surface area (Å²) in [5.41, 5.74) is 0.474. The van der Waals surface area contributed by atoms with E-state index in [-0.39, 0.29) is 22.8 Å². The van der Waals surface area contributed by atoms with E-state index in [1.54, 1.807) is 4.90 Å². The van der Waals surface area contributed by atoms with Gasteiger partial charge in [-0.15, -0.1) is 5.10 Å². The number of aromatic nitrogens is 3. The Bertz CT molecular complexity index is 817. The van der Waals surface area contributed by atoms with Crippen molar-refractivity contribution in [2.75, 3.05) is 39.4 Å². The molecule has 31 heavy (non-hydrogen) atoms. The molecule has 2 saturated carbocycles. The van der Waals surface area contributed by atoms with Gasteiger partial charge in [-0.05, 0) is 43.9 Å². The minimum atomic E-state index is -0.150. The van der Waals surface area contributed by atoms with Gasteiger partial charge in [0.05, 0.1) is 25.5 Å². The predicted molar refractivity (Wildman–Crippen MR) is 114 cm³/mol. The molecule has 0 bridgehead atoms. The van der Waals surface area contributed by atoms with Gasteiger partial charge in [0.2, 0.25) is 5.91 Å². The van der Waals surface area contributed by atoms with Crippen LogP contribution in [0.2, 0.25) is 0 Å². The lowest BCUT2D eigenvalue weighted by Crippen LogP contribution is -2.53. The van der Waals surface area contributed by atoms with Crippen molar-refractivity contribution in [1.29, 1.82) is 0 Å². The third kappa shape index (κ3) is 3.77. The number of carbonyl (C=O) groups is 2. The highest BCUT2D eigenvalue weighted by Gasteiger charge is 2.51. The van der Waals surface area contributed by atoms with E-state index in [9.17, 15) is 9.59 Å². The number of hydrogen-bond acceptors (Lipinski definition) is 5. The van der Waals surface area contributed by atoms with Crippen LogP contribution in [0.25, 0.3) is 0 Å². The van der Waals surface area contributed by atoms with E-state index in [0.29, 0.717) is 37.9 Å². The van der Waals surface area contributed by atoms with Crippen LogP contribution in [0, 0.1) is 10.8 Å². The second-order valence-corrected chi connectivity index (χ2v) is 10.3. The van der Waals surface area contributed by atoms with Gasteiger partial charge in [-0.2, -0.15) is 0 Å². The number of hydrogen-bond donors (Lipinski definition) is 0. The lowest BCUT2D eigenvalue weighted by molar-refractivity contribution is -0.148. The van der Waals surface area contributed by atoms with Crippen LogP contribution in [-0.4, -0.2) is 76.0 Å². The van der Waals surface area contributed by atoms with Gasteiger partial charge in [0.1, 0.15) is 0 Å². The van der Waals surface area contributed by atoms with E-state index in [1.807, 2.05) is 10.9 Å². The van der Waals surface area contributed by atoms with Gasteiger partial charge in [-0.1, -0.05) is 31.4 Å². The first-order valence-corrected chi connectivity index (χ1v) is 12.1. The largest absolute Gasteiger partial charge is 0.378 e. The number of likely N-dealkylation sites (tertiary alicyclic amines) is 1. The third-order valence-electron chi connectivity index (χ3n) is 8.49. The molecule has 8 heteroatoms. The van der Waals surface area contributed by atoms with E-state index >= 15 is 0 Å². The number of carbonyl (C=O) groups excluding carboxylic acids is 2. The summed E-state index contributed by atoms with van der Waals surface area (Å²) in [6.07, 6.45) is 11.8. The Hall–Kier alpha value is -1.96. The molecule has 8 nitrogen and oxygen atoms in total. The molecular formula is C23H35N5O3. The second-order valence-electron chi connectivity index (χ2n) is 10.3. The van der Waals surface area contributed by atoms with Crippen molar-refractivity contribution < 1.29 is 14.3 Å². The van der Waals surface area contributed by atoms with Crippen LogP contribution in [0.1, 0.15) is 81.2 Å². The highest BCUT2D eigenvalue weighted by Crippen LogP contribution is 2.56. The number of ether oxygens (including phenoxy) is 1.